The predicted molar refractivity (Wildman–Crippen MR) is 124 cm³/mol. The molecule has 0 radical (unpaired) electrons. The monoisotopic (exact) mass is 462 g/mol. The van der Waals surface area contributed by atoms with Crippen LogP contribution in [0.25, 0.3) is 0 Å². The molecule has 31 heavy (non-hydrogen) atoms. The molecule has 5 nitrogen and oxygen atoms in total. The lowest BCUT2D eigenvalue weighted by Gasteiger charge is -2.30. The summed E-state index contributed by atoms with van der Waals surface area (Å²) in [7, 11) is 1.61. The first-order valence-corrected chi connectivity index (χ1v) is 11.3. The van der Waals surface area contributed by atoms with Crippen LogP contribution in [0.15, 0.2) is 42.5 Å². The lowest BCUT2D eigenvalue weighted by atomic mass is 10.1. The second-order valence-electron chi connectivity index (χ2n) is 7.96. The Labute approximate surface area is 193 Å². The minimum absolute atomic E-state index is 0.122. The van der Waals surface area contributed by atoms with E-state index < -0.39 is 6.04 Å². The van der Waals surface area contributed by atoms with Gasteiger partial charge in [0, 0.05) is 12.6 Å². The van der Waals surface area contributed by atoms with Gasteiger partial charge in [0.2, 0.25) is 11.8 Å². The summed E-state index contributed by atoms with van der Waals surface area (Å²) in [5, 5.41) is 3.95. The average molecular weight is 463 g/mol. The molecule has 3 rings (SSSR count). The smallest absolute Gasteiger partial charge is 0.242 e. The highest BCUT2D eigenvalue weighted by Gasteiger charge is 2.28. The van der Waals surface area contributed by atoms with Crippen molar-refractivity contribution >= 4 is 35.0 Å². The molecular weight excluding hydrogens is 435 g/mol. The summed E-state index contributed by atoms with van der Waals surface area (Å²) in [6, 6.07) is 12.2. The molecule has 2 amide bonds. The topological polar surface area (TPSA) is 58.6 Å². The third-order valence-electron chi connectivity index (χ3n) is 5.72. The van der Waals surface area contributed by atoms with Crippen LogP contribution in [0.4, 0.5) is 0 Å². The fraction of sp³-hybridized carbons (Fsp3) is 0.417. The van der Waals surface area contributed by atoms with Gasteiger partial charge in [-0.05, 0) is 55.2 Å². The van der Waals surface area contributed by atoms with Crippen molar-refractivity contribution in [2.75, 3.05) is 7.11 Å². The Kier molecular flexibility index (Phi) is 8.22. The van der Waals surface area contributed by atoms with E-state index in [1.807, 2.05) is 24.3 Å². The zero-order valence-corrected chi connectivity index (χ0v) is 19.4. The molecule has 0 heterocycles. The fourth-order valence-corrected chi connectivity index (χ4v) is 4.15. The molecule has 1 atom stereocenters. The van der Waals surface area contributed by atoms with Gasteiger partial charge in [0.15, 0.2) is 0 Å². The van der Waals surface area contributed by atoms with Gasteiger partial charge in [0.1, 0.15) is 11.8 Å². The van der Waals surface area contributed by atoms with Crippen LogP contribution in [-0.4, -0.2) is 35.9 Å². The highest BCUT2D eigenvalue weighted by atomic mass is 35.5. The van der Waals surface area contributed by atoms with Crippen molar-refractivity contribution in [1.29, 1.82) is 0 Å². The molecule has 0 bridgehead atoms. The molecule has 0 unspecified atom stereocenters. The summed E-state index contributed by atoms with van der Waals surface area (Å²) >= 11 is 12.1. The minimum atomic E-state index is -0.599. The number of halogens is 2. The molecule has 0 saturated heterocycles. The SMILES string of the molecule is COc1ccc(CN(C(=O)Cc2ccc(Cl)c(Cl)c2)[C@H](C)C(=O)NC2CCCC2)cc1. The molecule has 1 saturated carbocycles. The van der Waals surface area contributed by atoms with Gasteiger partial charge in [-0.25, -0.2) is 0 Å². The first kappa shape index (κ1) is 23.4. The van der Waals surface area contributed by atoms with Gasteiger partial charge in [0.05, 0.1) is 23.6 Å². The van der Waals surface area contributed by atoms with Crippen LogP contribution in [0.5, 0.6) is 5.75 Å². The van der Waals surface area contributed by atoms with Crippen LogP contribution in [0, 0.1) is 0 Å². The molecule has 1 aliphatic rings. The van der Waals surface area contributed by atoms with E-state index in [1.54, 1.807) is 37.1 Å². The van der Waals surface area contributed by atoms with E-state index in [1.165, 1.54) is 0 Å². The molecule has 7 heteroatoms. The maximum atomic E-state index is 13.3. The number of ether oxygens (including phenoxy) is 1. The Bertz CT molecular complexity index is 912. The minimum Gasteiger partial charge on any atom is -0.497 e. The van der Waals surface area contributed by atoms with Crippen LogP contribution < -0.4 is 10.1 Å². The van der Waals surface area contributed by atoms with Crippen LogP contribution in [-0.2, 0) is 22.6 Å². The maximum Gasteiger partial charge on any atom is 0.242 e. The Hall–Kier alpha value is -2.24. The second kappa shape index (κ2) is 10.9. The highest BCUT2D eigenvalue weighted by Crippen LogP contribution is 2.24. The lowest BCUT2D eigenvalue weighted by Crippen LogP contribution is -2.50. The Morgan fingerprint density at radius 2 is 1.71 bits per heavy atom. The number of rotatable bonds is 8. The zero-order chi connectivity index (χ0) is 22.4. The highest BCUT2D eigenvalue weighted by molar-refractivity contribution is 6.42. The van der Waals surface area contributed by atoms with Gasteiger partial charge in [0.25, 0.3) is 0 Å². The molecule has 1 N–H and O–H groups in total. The van der Waals surface area contributed by atoms with Crippen molar-refractivity contribution in [2.24, 2.45) is 0 Å². The average Bonchev–Trinajstić information content (AvgIpc) is 3.27. The van der Waals surface area contributed by atoms with E-state index in [-0.39, 0.29) is 24.3 Å². The number of hydrogen-bond donors (Lipinski definition) is 1. The maximum absolute atomic E-state index is 13.3. The van der Waals surface area contributed by atoms with Crippen molar-refractivity contribution in [2.45, 2.75) is 57.7 Å². The van der Waals surface area contributed by atoms with Crippen molar-refractivity contribution in [3.63, 3.8) is 0 Å². The van der Waals surface area contributed by atoms with E-state index in [0.29, 0.717) is 16.6 Å². The molecule has 2 aromatic carbocycles. The van der Waals surface area contributed by atoms with Gasteiger partial charge in [-0.1, -0.05) is 54.2 Å². The molecule has 2 aromatic rings. The van der Waals surface area contributed by atoms with E-state index in [2.05, 4.69) is 5.32 Å². The first-order valence-electron chi connectivity index (χ1n) is 10.5. The fourth-order valence-electron chi connectivity index (χ4n) is 3.83. The zero-order valence-electron chi connectivity index (χ0n) is 17.9. The molecule has 0 aliphatic heterocycles. The quantitative estimate of drug-likeness (QED) is 0.598. The van der Waals surface area contributed by atoms with Crippen LogP contribution in [0.1, 0.15) is 43.7 Å². The summed E-state index contributed by atoms with van der Waals surface area (Å²) in [6.07, 6.45) is 4.38. The molecule has 0 aromatic heterocycles. The van der Waals surface area contributed by atoms with Gasteiger partial charge in [-0.15, -0.1) is 0 Å². The van der Waals surface area contributed by atoms with Gasteiger partial charge in [-0.3, -0.25) is 9.59 Å². The number of methoxy groups -OCH3 is 1. The lowest BCUT2D eigenvalue weighted by molar-refractivity contribution is -0.140. The second-order valence-corrected chi connectivity index (χ2v) is 8.78. The summed E-state index contributed by atoms with van der Waals surface area (Å²) in [5.41, 5.74) is 1.67. The summed E-state index contributed by atoms with van der Waals surface area (Å²) in [5.74, 6) is 0.468. The van der Waals surface area contributed by atoms with Crippen LogP contribution in [0.3, 0.4) is 0 Å². The molecule has 1 aliphatic carbocycles. The van der Waals surface area contributed by atoms with E-state index >= 15 is 0 Å². The van der Waals surface area contributed by atoms with E-state index in [0.717, 1.165) is 42.6 Å². The third-order valence-corrected chi connectivity index (χ3v) is 6.46. The van der Waals surface area contributed by atoms with Crippen molar-refractivity contribution in [3.8, 4) is 5.75 Å². The number of nitrogens with one attached hydrogen (secondary N) is 1. The summed E-state index contributed by atoms with van der Waals surface area (Å²) < 4.78 is 5.21. The largest absolute Gasteiger partial charge is 0.497 e. The number of carbonyl (C=O) groups is 2. The normalized spacial score (nSPS) is 14.8. The number of nitrogens with zero attached hydrogens (tertiary/aromatic N) is 1. The Balaban J connectivity index is 1.77. The molecule has 166 valence electrons. The van der Waals surface area contributed by atoms with Gasteiger partial charge < -0.3 is 15.0 Å². The van der Waals surface area contributed by atoms with Crippen molar-refractivity contribution < 1.29 is 14.3 Å². The van der Waals surface area contributed by atoms with E-state index in [4.69, 9.17) is 27.9 Å². The molecular formula is C24H28Cl2N2O3. The van der Waals surface area contributed by atoms with E-state index in [9.17, 15) is 9.59 Å². The summed E-state index contributed by atoms with van der Waals surface area (Å²) in [4.78, 5) is 27.8. The molecule has 0 spiro atoms. The van der Waals surface area contributed by atoms with Crippen LogP contribution in [0.2, 0.25) is 10.0 Å². The number of amides is 2. The van der Waals surface area contributed by atoms with Crippen molar-refractivity contribution in [1.82, 2.24) is 10.2 Å². The number of hydrogen-bond acceptors (Lipinski definition) is 3. The van der Waals surface area contributed by atoms with Crippen molar-refractivity contribution in [3.05, 3.63) is 63.6 Å². The summed E-state index contributed by atoms with van der Waals surface area (Å²) in [6.45, 7) is 2.10. The molecule has 1 fully saturated rings. The van der Waals surface area contributed by atoms with Gasteiger partial charge in [-0.2, -0.15) is 0 Å². The van der Waals surface area contributed by atoms with Crippen LogP contribution >= 0.6 is 23.2 Å². The number of carbonyl (C=O) groups excluding carboxylic acids is 2. The third kappa shape index (κ3) is 6.37. The predicted octanol–water partition coefficient (Wildman–Crippen LogP) is 5.02. The van der Waals surface area contributed by atoms with Gasteiger partial charge >= 0.3 is 0 Å². The Morgan fingerprint density at radius 3 is 2.32 bits per heavy atom. The number of benzene rings is 2. The Morgan fingerprint density at radius 1 is 1.06 bits per heavy atom. The standard InChI is InChI=1S/C24H28Cl2N2O3/c1-16(24(30)27-19-5-3-4-6-19)28(15-17-7-10-20(31-2)11-8-17)23(29)14-18-9-12-21(25)22(26)13-18/h7-13,16,19H,3-6,14-15H2,1-2H3,(H,27,30)/t16-/m1/s1. The first-order chi connectivity index (χ1) is 14.9.